The second-order valence-electron chi connectivity index (χ2n) is 13.3. The number of para-hydroxylation sites is 1. The van der Waals surface area contributed by atoms with Crippen LogP contribution in [0.5, 0.6) is 0 Å². The van der Waals surface area contributed by atoms with E-state index in [1.165, 1.54) is 5.57 Å². The summed E-state index contributed by atoms with van der Waals surface area (Å²) < 4.78 is 0. The number of carbonyl (C=O) groups is 2. The lowest BCUT2D eigenvalue weighted by Crippen LogP contribution is -2.53. The first-order valence-corrected chi connectivity index (χ1v) is 14.9. The third-order valence-corrected chi connectivity index (χ3v) is 11.2. The van der Waals surface area contributed by atoms with Crippen LogP contribution >= 0.6 is 0 Å². The Labute approximate surface area is 240 Å². The molecule has 3 fully saturated rings. The molecule has 0 radical (unpaired) electrons. The topological polar surface area (TPSA) is 124 Å². The smallest absolute Gasteiger partial charge is 0.326 e. The van der Waals surface area contributed by atoms with E-state index >= 15 is 0 Å². The zero-order chi connectivity index (χ0) is 29.0. The van der Waals surface area contributed by atoms with Crippen LogP contribution in [0.2, 0.25) is 0 Å². The molecule has 1 aromatic carbocycles. The SMILES string of the molecule is C[C@]12C=CC(=NOCC(=O)N[C@H](Cc3c[nH]c4ccccc34)C(=O)O)C=C1CC[C@@H]1[C@H]2CC[C@@]2(C)[C@H]1CC[C@]2(C)O. The number of nitrogens with zero attached hydrogens (tertiary/aromatic N) is 1. The largest absolute Gasteiger partial charge is 0.480 e. The molecule has 4 aliphatic carbocycles. The molecule has 218 valence electrons. The minimum atomic E-state index is -1.10. The number of carboxylic acid groups (broad SMARTS) is 1. The molecule has 0 saturated heterocycles. The van der Waals surface area contributed by atoms with Gasteiger partial charge in [0.25, 0.3) is 5.91 Å². The lowest BCUT2D eigenvalue weighted by molar-refractivity contribution is -0.142. The molecule has 6 rings (SSSR count). The highest BCUT2D eigenvalue weighted by molar-refractivity contribution is 6.05. The fourth-order valence-corrected chi connectivity index (χ4v) is 8.63. The van der Waals surface area contributed by atoms with Crippen LogP contribution < -0.4 is 5.32 Å². The lowest BCUT2D eigenvalue weighted by atomic mass is 9.47. The second-order valence-corrected chi connectivity index (χ2v) is 13.3. The minimum Gasteiger partial charge on any atom is -0.480 e. The zero-order valence-electron chi connectivity index (χ0n) is 24.2. The number of aromatic nitrogens is 1. The number of benzene rings is 1. The van der Waals surface area contributed by atoms with E-state index in [4.69, 9.17) is 4.84 Å². The van der Waals surface area contributed by atoms with Gasteiger partial charge in [0.2, 0.25) is 0 Å². The molecule has 1 heterocycles. The van der Waals surface area contributed by atoms with E-state index < -0.39 is 23.5 Å². The molecule has 0 bridgehead atoms. The van der Waals surface area contributed by atoms with Gasteiger partial charge in [0.15, 0.2) is 6.61 Å². The Bertz CT molecular complexity index is 1450. The average Bonchev–Trinajstić information content (AvgIpc) is 3.45. The summed E-state index contributed by atoms with van der Waals surface area (Å²) in [5.41, 5.74) is 3.16. The van der Waals surface area contributed by atoms with Gasteiger partial charge < -0.3 is 25.4 Å². The summed E-state index contributed by atoms with van der Waals surface area (Å²) in [6.45, 7) is 6.33. The highest BCUT2D eigenvalue weighted by Crippen LogP contribution is 2.66. The van der Waals surface area contributed by atoms with Gasteiger partial charge in [-0.3, -0.25) is 4.79 Å². The standard InChI is InChI=1S/C33H41N3O5/c1-31-13-10-22(17-21(31)8-9-24-25(31)11-14-32(2)26(24)12-15-33(32,3)40)36-41-19-29(37)35-28(30(38)39)16-20-18-34-27-7-5-4-6-23(20)27/h4-7,10,13,17-18,24-26,28,34,40H,8-9,11-12,14-16,19H2,1-3H3,(H,35,37)(H,38,39)/t24-,25-,26+,28-,31+,32+,33+/m1/s1. The summed E-state index contributed by atoms with van der Waals surface area (Å²) in [6.07, 6.45) is 14.6. The number of hydrogen-bond acceptors (Lipinski definition) is 5. The van der Waals surface area contributed by atoms with Crippen molar-refractivity contribution < 1.29 is 24.6 Å². The van der Waals surface area contributed by atoms with E-state index in [0.717, 1.165) is 55.0 Å². The van der Waals surface area contributed by atoms with Crippen LogP contribution in [0.15, 0.2) is 59.4 Å². The Hall–Kier alpha value is -3.39. The van der Waals surface area contributed by atoms with Crippen molar-refractivity contribution in [2.24, 2.45) is 33.7 Å². The molecule has 8 nitrogen and oxygen atoms in total. The number of carbonyl (C=O) groups excluding carboxylic acids is 1. The molecule has 41 heavy (non-hydrogen) atoms. The van der Waals surface area contributed by atoms with E-state index in [9.17, 15) is 19.8 Å². The summed E-state index contributed by atoms with van der Waals surface area (Å²) in [7, 11) is 0. The normalized spacial score (nSPS) is 35.8. The van der Waals surface area contributed by atoms with Crippen LogP contribution in [0.3, 0.4) is 0 Å². The first-order chi connectivity index (χ1) is 19.5. The Kier molecular flexibility index (Phi) is 6.88. The maximum Gasteiger partial charge on any atom is 0.326 e. The van der Waals surface area contributed by atoms with Gasteiger partial charge in [0, 0.05) is 28.9 Å². The summed E-state index contributed by atoms with van der Waals surface area (Å²) in [5.74, 6) is 0.0834. The van der Waals surface area contributed by atoms with E-state index in [2.05, 4.69) is 41.5 Å². The predicted octanol–water partition coefficient (Wildman–Crippen LogP) is 5.14. The molecule has 0 unspecified atom stereocenters. The molecule has 4 aliphatic rings. The van der Waals surface area contributed by atoms with Crippen LogP contribution in [0.4, 0.5) is 0 Å². The molecule has 1 aromatic heterocycles. The van der Waals surface area contributed by atoms with Gasteiger partial charge in [0.1, 0.15) is 11.8 Å². The third kappa shape index (κ3) is 4.70. The number of nitrogens with one attached hydrogen (secondary N) is 2. The average molecular weight is 560 g/mol. The van der Waals surface area contributed by atoms with Crippen LogP contribution in [-0.2, 0) is 20.8 Å². The molecule has 0 spiro atoms. The van der Waals surface area contributed by atoms with Gasteiger partial charge in [-0.15, -0.1) is 0 Å². The van der Waals surface area contributed by atoms with Gasteiger partial charge in [-0.25, -0.2) is 4.79 Å². The highest BCUT2D eigenvalue weighted by atomic mass is 16.6. The van der Waals surface area contributed by atoms with Crippen molar-refractivity contribution in [3.05, 3.63) is 59.8 Å². The maximum atomic E-state index is 12.6. The van der Waals surface area contributed by atoms with Crippen molar-refractivity contribution in [2.45, 2.75) is 77.4 Å². The molecule has 0 aliphatic heterocycles. The fourth-order valence-electron chi connectivity index (χ4n) is 8.63. The van der Waals surface area contributed by atoms with Crippen LogP contribution in [0.25, 0.3) is 10.9 Å². The van der Waals surface area contributed by atoms with Gasteiger partial charge in [-0.2, -0.15) is 0 Å². The Morgan fingerprint density at radius 2 is 1.93 bits per heavy atom. The number of amides is 1. The number of rotatable bonds is 7. The molecule has 7 atom stereocenters. The molecule has 8 heteroatoms. The Balaban J connectivity index is 1.07. The number of fused-ring (bicyclic) bond motifs is 6. The number of aliphatic hydroxyl groups is 1. The van der Waals surface area contributed by atoms with Crippen molar-refractivity contribution in [3.8, 4) is 0 Å². The zero-order valence-corrected chi connectivity index (χ0v) is 24.2. The van der Waals surface area contributed by atoms with Crippen molar-refractivity contribution in [3.63, 3.8) is 0 Å². The van der Waals surface area contributed by atoms with Crippen molar-refractivity contribution >= 4 is 28.5 Å². The van der Waals surface area contributed by atoms with E-state index in [1.807, 2.05) is 37.3 Å². The molecule has 3 saturated carbocycles. The summed E-state index contributed by atoms with van der Waals surface area (Å²) in [4.78, 5) is 33.0. The first-order valence-electron chi connectivity index (χ1n) is 14.9. The van der Waals surface area contributed by atoms with Crippen molar-refractivity contribution in [1.29, 1.82) is 0 Å². The van der Waals surface area contributed by atoms with Crippen LogP contribution in [0, 0.1) is 28.6 Å². The monoisotopic (exact) mass is 559 g/mol. The maximum absolute atomic E-state index is 12.6. The van der Waals surface area contributed by atoms with Crippen LogP contribution in [0.1, 0.15) is 64.9 Å². The van der Waals surface area contributed by atoms with Crippen molar-refractivity contribution in [1.82, 2.24) is 10.3 Å². The summed E-state index contributed by atoms with van der Waals surface area (Å²) in [6, 6.07) is 6.58. The van der Waals surface area contributed by atoms with Gasteiger partial charge in [-0.05, 0) is 92.4 Å². The van der Waals surface area contributed by atoms with E-state index in [1.54, 1.807) is 6.20 Å². The number of aromatic amines is 1. The number of allylic oxidation sites excluding steroid dienone is 4. The number of carboxylic acids is 1. The van der Waals surface area contributed by atoms with Crippen LogP contribution in [-0.4, -0.2) is 51.0 Å². The van der Waals surface area contributed by atoms with Gasteiger partial charge in [-0.1, -0.05) is 48.9 Å². The number of hydrogen-bond donors (Lipinski definition) is 4. The number of oxime groups is 1. The van der Waals surface area contributed by atoms with Gasteiger partial charge >= 0.3 is 5.97 Å². The summed E-state index contributed by atoms with van der Waals surface area (Å²) >= 11 is 0. The minimum absolute atomic E-state index is 0.000224. The number of aliphatic carboxylic acids is 1. The number of H-pyrrole nitrogens is 1. The molecular formula is C33H41N3O5. The third-order valence-electron chi connectivity index (χ3n) is 11.2. The molecule has 4 N–H and O–H groups in total. The highest BCUT2D eigenvalue weighted by Gasteiger charge is 2.62. The molecular weight excluding hydrogens is 518 g/mol. The lowest BCUT2D eigenvalue weighted by Gasteiger charge is -2.58. The second kappa shape index (κ2) is 10.2. The van der Waals surface area contributed by atoms with E-state index in [0.29, 0.717) is 23.5 Å². The Morgan fingerprint density at radius 3 is 2.73 bits per heavy atom. The Morgan fingerprint density at radius 1 is 1.15 bits per heavy atom. The quantitative estimate of drug-likeness (QED) is 0.350. The first kappa shape index (κ1) is 27.8. The predicted molar refractivity (Wildman–Crippen MR) is 157 cm³/mol. The van der Waals surface area contributed by atoms with Gasteiger partial charge in [0.05, 0.1) is 5.60 Å². The molecule has 2 aromatic rings. The van der Waals surface area contributed by atoms with Crippen molar-refractivity contribution in [2.75, 3.05) is 6.61 Å². The van der Waals surface area contributed by atoms with E-state index in [-0.39, 0.29) is 23.9 Å². The fraction of sp³-hybridized carbons (Fsp3) is 0.545. The molecule has 1 amide bonds. The summed E-state index contributed by atoms with van der Waals surface area (Å²) in [5, 5.41) is 28.6.